The molecule has 4 rings (SSSR count). The van der Waals surface area contributed by atoms with Crippen LogP contribution in [0.1, 0.15) is 27.6 Å². The molecule has 0 saturated carbocycles. The number of anilines is 1. The molecule has 2 aromatic carbocycles. The number of nitrogens with one attached hydrogen (secondary N) is 1. The quantitative estimate of drug-likeness (QED) is 0.494. The van der Waals surface area contributed by atoms with Crippen LogP contribution in [-0.4, -0.2) is 61.4 Å². The molecule has 3 aromatic rings. The Morgan fingerprint density at radius 3 is 2.29 bits per heavy atom. The smallest absolute Gasteiger partial charge is 0.411 e. The Labute approximate surface area is 195 Å². The van der Waals surface area contributed by atoms with E-state index < -0.39 is 24.5 Å². The maximum absolute atomic E-state index is 12.8. The number of ether oxygens (including phenoxy) is 2. The highest BCUT2D eigenvalue weighted by Crippen LogP contribution is 2.44. The second kappa shape index (κ2) is 10.2. The van der Waals surface area contributed by atoms with Crippen molar-refractivity contribution in [2.24, 2.45) is 0 Å². The van der Waals surface area contributed by atoms with Gasteiger partial charge in [-0.25, -0.2) is 4.79 Å². The summed E-state index contributed by atoms with van der Waals surface area (Å²) in [6.07, 6.45) is 0.487. The molecule has 176 valence electrons. The summed E-state index contributed by atoms with van der Waals surface area (Å²) in [7, 11) is 1.44. The highest BCUT2D eigenvalue weighted by Gasteiger charge is 2.30. The van der Waals surface area contributed by atoms with Gasteiger partial charge in [0.25, 0.3) is 5.91 Å². The average Bonchev–Trinajstić information content (AvgIpc) is 3.42. The number of carbonyl (C=O) groups excluding carboxylic acids is 2. The minimum atomic E-state index is -1.18. The van der Waals surface area contributed by atoms with E-state index in [2.05, 4.69) is 5.32 Å². The lowest BCUT2D eigenvalue weighted by atomic mass is 9.98. The summed E-state index contributed by atoms with van der Waals surface area (Å²) in [4.78, 5) is 37.6. The van der Waals surface area contributed by atoms with Crippen molar-refractivity contribution in [1.29, 1.82) is 0 Å². The van der Waals surface area contributed by atoms with Crippen molar-refractivity contribution in [2.45, 2.75) is 5.92 Å². The monoisotopic (exact) mass is 464 g/mol. The molecule has 0 saturated heterocycles. The van der Waals surface area contributed by atoms with Crippen LogP contribution in [0.5, 0.6) is 0 Å². The van der Waals surface area contributed by atoms with Crippen LogP contribution in [0.25, 0.3) is 11.1 Å². The summed E-state index contributed by atoms with van der Waals surface area (Å²) < 4.78 is 15.7. The van der Waals surface area contributed by atoms with Gasteiger partial charge >= 0.3 is 12.1 Å². The molecule has 1 aromatic heterocycles. The molecule has 0 bridgehead atoms. The summed E-state index contributed by atoms with van der Waals surface area (Å²) in [6.45, 7) is -0.227. The molecule has 1 aliphatic carbocycles. The van der Waals surface area contributed by atoms with E-state index in [1.165, 1.54) is 19.4 Å². The van der Waals surface area contributed by atoms with Crippen molar-refractivity contribution in [3.05, 3.63) is 77.7 Å². The minimum absolute atomic E-state index is 0.0483. The number of hydrogen-bond acceptors (Lipinski definition) is 6. The largest absolute Gasteiger partial charge is 0.480 e. The molecule has 2 N–H and O–H groups in total. The molecule has 9 nitrogen and oxygen atoms in total. The first-order chi connectivity index (χ1) is 16.5. The molecule has 9 heteroatoms. The van der Waals surface area contributed by atoms with Gasteiger partial charge in [0.1, 0.15) is 13.2 Å². The molecule has 2 amide bonds. The van der Waals surface area contributed by atoms with Crippen molar-refractivity contribution in [3.63, 3.8) is 0 Å². The Balaban J connectivity index is 1.44. The summed E-state index contributed by atoms with van der Waals surface area (Å²) in [5.41, 5.74) is 4.49. The number of benzene rings is 2. The van der Waals surface area contributed by atoms with E-state index in [1.807, 2.05) is 48.5 Å². The first kappa shape index (κ1) is 23.1. The van der Waals surface area contributed by atoms with Crippen LogP contribution in [0.2, 0.25) is 0 Å². The molecular weight excluding hydrogens is 440 g/mol. The van der Waals surface area contributed by atoms with Gasteiger partial charge in [-0.2, -0.15) is 0 Å². The third-order valence-electron chi connectivity index (χ3n) is 5.62. The Morgan fingerprint density at radius 2 is 1.68 bits per heavy atom. The Kier molecular flexibility index (Phi) is 6.93. The van der Waals surface area contributed by atoms with Gasteiger partial charge in [0.2, 0.25) is 5.76 Å². The fourth-order valence-electron chi connectivity index (χ4n) is 4.08. The molecule has 1 aliphatic rings. The lowest BCUT2D eigenvalue weighted by Gasteiger charge is -2.19. The van der Waals surface area contributed by atoms with Gasteiger partial charge < -0.3 is 23.9 Å². The third kappa shape index (κ3) is 4.79. The molecule has 1 heterocycles. The van der Waals surface area contributed by atoms with E-state index in [0.29, 0.717) is 0 Å². The summed E-state index contributed by atoms with van der Waals surface area (Å²) in [5, 5.41) is 11.6. The first-order valence-electron chi connectivity index (χ1n) is 10.7. The summed E-state index contributed by atoms with van der Waals surface area (Å²) >= 11 is 0. The highest BCUT2D eigenvalue weighted by molar-refractivity contribution is 6.01. The number of carbonyl (C=O) groups is 3. The number of fused-ring (bicyclic) bond motifs is 3. The fraction of sp³-hybridized carbons (Fsp3) is 0.240. The number of furan rings is 1. The van der Waals surface area contributed by atoms with Gasteiger partial charge in [0.15, 0.2) is 0 Å². The van der Waals surface area contributed by atoms with Gasteiger partial charge in [-0.1, -0.05) is 48.5 Å². The van der Waals surface area contributed by atoms with Gasteiger partial charge in [0, 0.05) is 25.6 Å². The van der Waals surface area contributed by atoms with Crippen LogP contribution < -0.4 is 5.32 Å². The molecule has 0 aliphatic heterocycles. The number of aliphatic carboxylic acids is 1. The van der Waals surface area contributed by atoms with E-state index in [0.717, 1.165) is 27.2 Å². The first-order valence-corrected chi connectivity index (χ1v) is 10.7. The Bertz CT molecular complexity index is 1160. The van der Waals surface area contributed by atoms with E-state index in [4.69, 9.17) is 19.0 Å². The van der Waals surface area contributed by atoms with Gasteiger partial charge in [-0.3, -0.25) is 14.9 Å². The SMILES string of the molecule is COCCN(CC(=O)O)C(=O)c1occc1NC(=O)OCC1c2ccccc2-c2ccccc21. The topological polar surface area (TPSA) is 118 Å². The van der Waals surface area contributed by atoms with Crippen LogP contribution >= 0.6 is 0 Å². The number of carboxylic acid groups (broad SMARTS) is 1. The van der Waals surface area contributed by atoms with E-state index in [9.17, 15) is 14.4 Å². The normalized spacial score (nSPS) is 12.0. The number of nitrogens with zero attached hydrogens (tertiary/aromatic N) is 1. The van der Waals surface area contributed by atoms with Gasteiger partial charge in [-0.15, -0.1) is 0 Å². The predicted molar refractivity (Wildman–Crippen MR) is 123 cm³/mol. The molecular formula is C25H24N2O7. The number of rotatable bonds is 9. The molecule has 0 spiro atoms. The number of amides is 2. The lowest BCUT2D eigenvalue weighted by Crippen LogP contribution is -2.38. The lowest BCUT2D eigenvalue weighted by molar-refractivity contribution is -0.137. The zero-order valence-corrected chi connectivity index (χ0v) is 18.5. The number of hydrogen-bond donors (Lipinski definition) is 2. The molecule has 0 radical (unpaired) electrons. The Morgan fingerprint density at radius 1 is 1.03 bits per heavy atom. The molecule has 0 unspecified atom stereocenters. The van der Waals surface area contributed by atoms with Crippen molar-refractivity contribution in [2.75, 3.05) is 38.7 Å². The molecule has 34 heavy (non-hydrogen) atoms. The zero-order chi connectivity index (χ0) is 24.1. The maximum atomic E-state index is 12.8. The fourth-order valence-corrected chi connectivity index (χ4v) is 4.08. The number of methoxy groups -OCH3 is 1. The van der Waals surface area contributed by atoms with Crippen LogP contribution in [0.4, 0.5) is 10.5 Å². The van der Waals surface area contributed by atoms with Gasteiger partial charge in [-0.05, 0) is 22.3 Å². The average molecular weight is 464 g/mol. The Hall–Kier alpha value is -4.11. The second-order valence-electron chi connectivity index (χ2n) is 7.73. The van der Waals surface area contributed by atoms with E-state index in [-0.39, 0.29) is 37.1 Å². The van der Waals surface area contributed by atoms with Crippen LogP contribution in [-0.2, 0) is 14.3 Å². The number of carboxylic acids is 1. The van der Waals surface area contributed by atoms with Crippen molar-refractivity contribution >= 4 is 23.7 Å². The standard InChI is InChI=1S/C25H24N2O7/c1-32-13-11-27(14-22(28)29)24(30)23-21(10-12-33-23)26-25(31)34-15-20-18-8-4-2-6-16(18)17-7-3-5-9-19(17)20/h2-10,12,20H,11,13-15H2,1H3,(H,26,31)(H,28,29). The van der Waals surface area contributed by atoms with Crippen LogP contribution in [0, 0.1) is 0 Å². The maximum Gasteiger partial charge on any atom is 0.411 e. The van der Waals surface area contributed by atoms with E-state index >= 15 is 0 Å². The second-order valence-corrected chi connectivity index (χ2v) is 7.73. The molecule has 0 atom stereocenters. The van der Waals surface area contributed by atoms with Gasteiger partial charge in [0.05, 0.1) is 18.6 Å². The van der Waals surface area contributed by atoms with Crippen molar-refractivity contribution in [1.82, 2.24) is 4.90 Å². The third-order valence-corrected chi connectivity index (χ3v) is 5.62. The van der Waals surface area contributed by atoms with E-state index in [1.54, 1.807) is 0 Å². The summed E-state index contributed by atoms with van der Waals surface area (Å²) in [5.74, 6) is -2.16. The molecule has 0 fully saturated rings. The minimum Gasteiger partial charge on any atom is -0.480 e. The highest BCUT2D eigenvalue weighted by atomic mass is 16.5. The predicted octanol–water partition coefficient (Wildman–Crippen LogP) is 3.81. The summed E-state index contributed by atoms with van der Waals surface area (Å²) in [6, 6.07) is 17.4. The van der Waals surface area contributed by atoms with Crippen molar-refractivity contribution in [3.8, 4) is 11.1 Å². The van der Waals surface area contributed by atoms with Crippen LogP contribution in [0.3, 0.4) is 0 Å². The zero-order valence-electron chi connectivity index (χ0n) is 18.5. The van der Waals surface area contributed by atoms with Crippen molar-refractivity contribution < 1.29 is 33.4 Å². The van der Waals surface area contributed by atoms with Crippen LogP contribution in [0.15, 0.2) is 65.3 Å².